The van der Waals surface area contributed by atoms with Crippen LogP contribution in [0.3, 0.4) is 0 Å². The zero-order valence-electron chi connectivity index (χ0n) is 13.9. The lowest BCUT2D eigenvalue weighted by atomic mass is 10.2. The molecule has 0 saturated carbocycles. The van der Waals surface area contributed by atoms with Gasteiger partial charge in [0.25, 0.3) is 5.69 Å². The fraction of sp³-hybridized carbons (Fsp3) is 0.562. The molecule has 23 heavy (non-hydrogen) atoms. The van der Waals surface area contributed by atoms with Crippen molar-refractivity contribution in [2.45, 2.75) is 26.7 Å². The lowest BCUT2D eigenvalue weighted by Gasteiger charge is -2.17. The number of nitro groups is 1. The number of carbonyl (C=O) groups is 1. The largest absolute Gasteiger partial charge is 0.385 e. The van der Waals surface area contributed by atoms with Crippen LogP contribution < -0.4 is 10.6 Å². The second-order valence-electron chi connectivity index (χ2n) is 5.21. The van der Waals surface area contributed by atoms with E-state index >= 15 is 0 Å². The molecule has 1 rings (SSSR count). The van der Waals surface area contributed by atoms with E-state index in [1.54, 1.807) is 12.1 Å². The van der Waals surface area contributed by atoms with Gasteiger partial charge in [0.15, 0.2) is 0 Å². The molecular weight excluding hydrogens is 296 g/mol. The molecule has 0 heterocycles. The first-order chi connectivity index (χ1) is 11.1. The molecule has 0 radical (unpaired) electrons. The topological polar surface area (TPSA) is 87.5 Å². The highest BCUT2D eigenvalue weighted by Crippen LogP contribution is 2.15. The minimum Gasteiger partial charge on any atom is -0.385 e. The van der Waals surface area contributed by atoms with Gasteiger partial charge in [-0.15, -0.1) is 0 Å². The van der Waals surface area contributed by atoms with Gasteiger partial charge in [-0.3, -0.25) is 14.9 Å². The minimum atomic E-state index is -0.424. The summed E-state index contributed by atoms with van der Waals surface area (Å²) in [6, 6.07) is 6.26. The number of benzene rings is 1. The number of non-ortho nitro benzene ring substituents is 1. The molecule has 1 aromatic carbocycles. The van der Waals surface area contributed by atoms with Crippen molar-refractivity contribution in [2.24, 2.45) is 0 Å². The molecule has 0 saturated heterocycles. The van der Waals surface area contributed by atoms with Gasteiger partial charge in [-0.25, -0.2) is 0 Å². The molecule has 0 spiro atoms. The number of anilines is 1. The highest BCUT2D eigenvalue weighted by Gasteiger charge is 2.05. The average Bonchev–Trinajstić information content (AvgIpc) is 2.56. The van der Waals surface area contributed by atoms with Crippen LogP contribution in [-0.2, 0) is 4.79 Å². The number of carbonyl (C=O) groups excluding carboxylic acids is 1. The van der Waals surface area contributed by atoms with Crippen molar-refractivity contribution >= 4 is 17.3 Å². The normalized spacial score (nSPS) is 10.6. The first-order valence-electron chi connectivity index (χ1n) is 8.04. The van der Waals surface area contributed by atoms with Gasteiger partial charge >= 0.3 is 0 Å². The van der Waals surface area contributed by atoms with Crippen molar-refractivity contribution in [3.8, 4) is 0 Å². The summed E-state index contributed by atoms with van der Waals surface area (Å²) < 4.78 is 0. The maximum absolute atomic E-state index is 11.7. The van der Waals surface area contributed by atoms with E-state index in [1.165, 1.54) is 12.1 Å². The Morgan fingerprint density at radius 3 is 2.39 bits per heavy atom. The summed E-state index contributed by atoms with van der Waals surface area (Å²) in [4.78, 5) is 24.1. The highest BCUT2D eigenvalue weighted by atomic mass is 16.6. The van der Waals surface area contributed by atoms with Crippen molar-refractivity contribution in [3.05, 3.63) is 34.4 Å². The summed E-state index contributed by atoms with van der Waals surface area (Å²) in [5, 5.41) is 16.6. The predicted molar refractivity (Wildman–Crippen MR) is 91.6 cm³/mol. The molecule has 0 unspecified atom stereocenters. The maximum Gasteiger partial charge on any atom is 0.269 e. The quantitative estimate of drug-likeness (QED) is 0.371. The number of nitro benzene ring substituents is 1. The summed E-state index contributed by atoms with van der Waals surface area (Å²) in [5.41, 5.74) is 0.890. The number of rotatable bonds is 11. The average molecular weight is 322 g/mol. The summed E-state index contributed by atoms with van der Waals surface area (Å²) in [5.74, 6) is 0.0580. The van der Waals surface area contributed by atoms with Crippen LogP contribution in [0, 0.1) is 10.1 Å². The Labute approximate surface area is 137 Å². The van der Waals surface area contributed by atoms with Crippen LogP contribution in [0.25, 0.3) is 0 Å². The first kappa shape index (κ1) is 18.9. The second-order valence-corrected chi connectivity index (χ2v) is 5.21. The molecular formula is C16H26N4O3. The molecule has 7 heteroatoms. The van der Waals surface area contributed by atoms with E-state index in [4.69, 9.17) is 0 Å². The predicted octanol–water partition coefficient (Wildman–Crippen LogP) is 2.24. The monoisotopic (exact) mass is 322 g/mol. The van der Waals surface area contributed by atoms with Gasteiger partial charge in [-0.05, 0) is 31.6 Å². The fourth-order valence-electron chi connectivity index (χ4n) is 2.16. The Balaban J connectivity index is 2.14. The number of nitrogens with one attached hydrogen (secondary N) is 2. The lowest BCUT2D eigenvalue weighted by Crippen LogP contribution is -2.34. The van der Waals surface area contributed by atoms with Crippen LogP contribution >= 0.6 is 0 Å². The molecule has 1 amide bonds. The Kier molecular flexibility index (Phi) is 8.67. The van der Waals surface area contributed by atoms with Gasteiger partial charge < -0.3 is 15.5 Å². The second kappa shape index (κ2) is 10.6. The standard InChI is InChI=1S/C16H26N4O3/c1-3-19(4-2)13-12-18-16(21)6-5-11-17-14-7-9-15(10-8-14)20(22)23/h7-10,17H,3-6,11-13H2,1-2H3,(H,18,21). The highest BCUT2D eigenvalue weighted by molar-refractivity contribution is 5.75. The smallest absolute Gasteiger partial charge is 0.269 e. The molecule has 7 nitrogen and oxygen atoms in total. The van der Waals surface area contributed by atoms with Crippen molar-refractivity contribution < 1.29 is 9.72 Å². The Morgan fingerprint density at radius 1 is 1.17 bits per heavy atom. The van der Waals surface area contributed by atoms with Crippen molar-refractivity contribution in [1.82, 2.24) is 10.2 Å². The molecule has 0 atom stereocenters. The summed E-state index contributed by atoms with van der Waals surface area (Å²) in [7, 11) is 0. The molecule has 2 N–H and O–H groups in total. The van der Waals surface area contributed by atoms with Gasteiger partial charge in [-0.1, -0.05) is 13.8 Å². The molecule has 0 aliphatic heterocycles. The molecule has 0 fully saturated rings. The zero-order chi connectivity index (χ0) is 17.1. The summed E-state index contributed by atoms with van der Waals surface area (Å²) in [6.45, 7) is 8.40. The van der Waals surface area contributed by atoms with Gasteiger partial charge in [0.2, 0.25) is 5.91 Å². The number of hydrogen-bond acceptors (Lipinski definition) is 5. The van der Waals surface area contributed by atoms with Gasteiger partial charge in [0.05, 0.1) is 4.92 Å². The third-order valence-electron chi connectivity index (χ3n) is 3.63. The molecule has 0 aromatic heterocycles. The molecule has 0 aliphatic carbocycles. The van der Waals surface area contributed by atoms with E-state index in [2.05, 4.69) is 29.4 Å². The lowest BCUT2D eigenvalue weighted by molar-refractivity contribution is -0.384. The Hall–Kier alpha value is -2.15. The number of nitrogens with zero attached hydrogens (tertiary/aromatic N) is 2. The van der Waals surface area contributed by atoms with E-state index in [1.807, 2.05) is 0 Å². The molecule has 0 bridgehead atoms. The third-order valence-corrected chi connectivity index (χ3v) is 3.63. The van der Waals surface area contributed by atoms with Crippen LogP contribution in [0.5, 0.6) is 0 Å². The number of amides is 1. The zero-order valence-corrected chi connectivity index (χ0v) is 13.9. The van der Waals surface area contributed by atoms with E-state index in [0.29, 0.717) is 25.9 Å². The minimum absolute atomic E-state index is 0.0580. The van der Waals surface area contributed by atoms with Gasteiger partial charge in [0.1, 0.15) is 0 Å². The van der Waals surface area contributed by atoms with E-state index in [9.17, 15) is 14.9 Å². The number of likely N-dealkylation sites (N-methyl/N-ethyl adjacent to an activating group) is 1. The Morgan fingerprint density at radius 2 is 1.83 bits per heavy atom. The number of hydrogen-bond donors (Lipinski definition) is 2. The van der Waals surface area contributed by atoms with Crippen LogP contribution in [-0.4, -0.2) is 48.5 Å². The van der Waals surface area contributed by atoms with Gasteiger partial charge in [-0.2, -0.15) is 0 Å². The Bertz CT molecular complexity index is 487. The molecule has 0 aliphatic rings. The van der Waals surface area contributed by atoms with Crippen molar-refractivity contribution in [3.63, 3.8) is 0 Å². The van der Waals surface area contributed by atoms with E-state index in [-0.39, 0.29) is 11.6 Å². The summed E-state index contributed by atoms with van der Waals surface area (Å²) in [6.07, 6.45) is 1.19. The molecule has 1 aromatic rings. The van der Waals surface area contributed by atoms with Crippen LogP contribution in [0.1, 0.15) is 26.7 Å². The van der Waals surface area contributed by atoms with Crippen LogP contribution in [0.4, 0.5) is 11.4 Å². The van der Waals surface area contributed by atoms with Gasteiger partial charge in [0, 0.05) is 43.9 Å². The third kappa shape index (κ3) is 7.60. The summed E-state index contributed by atoms with van der Waals surface area (Å²) >= 11 is 0. The van der Waals surface area contributed by atoms with E-state index < -0.39 is 4.92 Å². The fourth-order valence-corrected chi connectivity index (χ4v) is 2.16. The molecule has 128 valence electrons. The SMILES string of the molecule is CCN(CC)CCNC(=O)CCCNc1ccc([N+](=O)[O-])cc1. The first-order valence-corrected chi connectivity index (χ1v) is 8.04. The van der Waals surface area contributed by atoms with Crippen LogP contribution in [0.15, 0.2) is 24.3 Å². The van der Waals surface area contributed by atoms with E-state index in [0.717, 1.165) is 25.3 Å². The van der Waals surface area contributed by atoms with Crippen molar-refractivity contribution in [1.29, 1.82) is 0 Å². The van der Waals surface area contributed by atoms with Crippen molar-refractivity contribution in [2.75, 3.05) is 38.0 Å². The van der Waals surface area contributed by atoms with Crippen LogP contribution in [0.2, 0.25) is 0 Å². The maximum atomic E-state index is 11.7.